The van der Waals surface area contributed by atoms with Gasteiger partial charge >= 0.3 is 0 Å². The molecule has 120 valence electrons. The number of halogens is 1. The van der Waals surface area contributed by atoms with E-state index < -0.39 is 22.6 Å². The summed E-state index contributed by atoms with van der Waals surface area (Å²) in [6.45, 7) is 0. The molecule has 2 amide bonds. The van der Waals surface area contributed by atoms with E-state index >= 15 is 0 Å². The largest absolute Gasteiger partial charge is 0.282 e. The van der Waals surface area contributed by atoms with E-state index in [1.54, 1.807) is 6.07 Å². The topological polar surface area (TPSA) is 92.6 Å². The lowest BCUT2D eigenvalue weighted by Crippen LogP contribution is -2.35. The molecule has 1 N–H and O–H groups in total. The van der Waals surface area contributed by atoms with Crippen LogP contribution >= 0.6 is 0 Å². The fourth-order valence-electron chi connectivity index (χ4n) is 2.22. The standard InChI is InChI=1S/C16H10FN3O4/c17-11-4-6-12(7-5-11)19-16(22)14(15(21)18-19)9-10-2-1-3-13(8-10)20(23)24/h1-9H,(H,18,21)/b14-9+. The van der Waals surface area contributed by atoms with E-state index in [0.29, 0.717) is 11.3 Å². The van der Waals surface area contributed by atoms with Gasteiger partial charge < -0.3 is 0 Å². The summed E-state index contributed by atoms with van der Waals surface area (Å²) in [5.41, 5.74) is 2.71. The Labute approximate surface area is 135 Å². The van der Waals surface area contributed by atoms with E-state index in [1.165, 1.54) is 36.4 Å². The highest BCUT2D eigenvalue weighted by Gasteiger charge is 2.34. The molecule has 8 heteroatoms. The Hall–Kier alpha value is -3.55. The number of nitrogens with one attached hydrogen (secondary N) is 1. The summed E-state index contributed by atoms with van der Waals surface area (Å²) in [7, 11) is 0. The minimum Gasteiger partial charge on any atom is -0.267 e. The summed E-state index contributed by atoms with van der Waals surface area (Å²) in [6.07, 6.45) is 1.27. The van der Waals surface area contributed by atoms with Gasteiger partial charge in [0, 0.05) is 12.1 Å². The highest BCUT2D eigenvalue weighted by atomic mass is 19.1. The van der Waals surface area contributed by atoms with Gasteiger partial charge in [-0.1, -0.05) is 12.1 Å². The lowest BCUT2D eigenvalue weighted by molar-refractivity contribution is -0.384. The molecule has 0 radical (unpaired) electrons. The normalized spacial score (nSPS) is 15.7. The van der Waals surface area contributed by atoms with Crippen LogP contribution in [0.1, 0.15) is 5.56 Å². The van der Waals surface area contributed by atoms with E-state index in [1.807, 2.05) is 0 Å². The third-order valence-corrected chi connectivity index (χ3v) is 3.37. The Bertz CT molecular complexity index is 877. The maximum Gasteiger partial charge on any atom is 0.282 e. The smallest absolute Gasteiger partial charge is 0.267 e. The van der Waals surface area contributed by atoms with Crippen LogP contribution in [0.15, 0.2) is 54.1 Å². The van der Waals surface area contributed by atoms with Crippen molar-refractivity contribution in [2.75, 3.05) is 5.01 Å². The highest BCUT2D eigenvalue weighted by Crippen LogP contribution is 2.22. The van der Waals surface area contributed by atoms with E-state index in [0.717, 1.165) is 17.1 Å². The number of hydrazine groups is 1. The van der Waals surface area contributed by atoms with Crippen molar-refractivity contribution in [1.29, 1.82) is 0 Å². The Morgan fingerprint density at radius 3 is 2.50 bits per heavy atom. The van der Waals surface area contributed by atoms with Crippen molar-refractivity contribution in [3.05, 3.63) is 75.6 Å². The molecule has 24 heavy (non-hydrogen) atoms. The molecule has 0 unspecified atom stereocenters. The first-order chi connectivity index (χ1) is 11.5. The van der Waals surface area contributed by atoms with Gasteiger partial charge in [-0.3, -0.25) is 25.1 Å². The van der Waals surface area contributed by atoms with Gasteiger partial charge in [0.1, 0.15) is 11.4 Å². The number of nitro benzene ring substituents is 1. The predicted molar refractivity (Wildman–Crippen MR) is 83.1 cm³/mol. The Kier molecular flexibility index (Phi) is 3.78. The Morgan fingerprint density at radius 2 is 1.83 bits per heavy atom. The zero-order chi connectivity index (χ0) is 17.3. The summed E-state index contributed by atoms with van der Waals surface area (Å²) in [5, 5.41) is 11.8. The first-order valence-corrected chi connectivity index (χ1v) is 6.83. The second kappa shape index (κ2) is 5.92. The van der Waals surface area contributed by atoms with Crippen LogP contribution in [0, 0.1) is 15.9 Å². The van der Waals surface area contributed by atoms with Gasteiger partial charge in [-0.2, -0.15) is 0 Å². The molecule has 1 fully saturated rings. The van der Waals surface area contributed by atoms with E-state index in [9.17, 15) is 24.1 Å². The Balaban J connectivity index is 1.93. The maximum absolute atomic E-state index is 13.0. The molecule has 0 spiro atoms. The maximum atomic E-state index is 13.0. The van der Waals surface area contributed by atoms with Gasteiger partial charge in [-0.25, -0.2) is 9.40 Å². The quantitative estimate of drug-likeness (QED) is 0.405. The number of carbonyl (C=O) groups is 2. The first-order valence-electron chi connectivity index (χ1n) is 6.83. The summed E-state index contributed by atoms with van der Waals surface area (Å²) >= 11 is 0. The number of nitrogens with zero attached hydrogens (tertiary/aromatic N) is 2. The number of amides is 2. The van der Waals surface area contributed by atoms with Crippen LogP contribution in [-0.2, 0) is 9.59 Å². The van der Waals surface area contributed by atoms with Crippen LogP contribution in [0.5, 0.6) is 0 Å². The van der Waals surface area contributed by atoms with Crippen molar-refractivity contribution in [1.82, 2.24) is 5.43 Å². The minimum absolute atomic E-state index is 0.148. The highest BCUT2D eigenvalue weighted by molar-refractivity contribution is 6.31. The molecule has 0 aliphatic carbocycles. The van der Waals surface area contributed by atoms with Crippen molar-refractivity contribution < 1.29 is 18.9 Å². The molecule has 2 aromatic carbocycles. The van der Waals surface area contributed by atoms with Gasteiger partial charge in [0.25, 0.3) is 17.5 Å². The molecule has 0 bridgehead atoms. The van der Waals surface area contributed by atoms with Crippen LogP contribution in [-0.4, -0.2) is 16.7 Å². The molecular weight excluding hydrogens is 317 g/mol. The molecule has 2 aromatic rings. The van der Waals surface area contributed by atoms with Crippen LogP contribution in [0.25, 0.3) is 6.08 Å². The number of non-ortho nitro benzene ring substituents is 1. The fraction of sp³-hybridized carbons (Fsp3) is 0. The van der Waals surface area contributed by atoms with Crippen LogP contribution < -0.4 is 10.4 Å². The second-order valence-electron chi connectivity index (χ2n) is 4.97. The van der Waals surface area contributed by atoms with Crippen molar-refractivity contribution in [3.8, 4) is 0 Å². The van der Waals surface area contributed by atoms with Gasteiger partial charge in [0.15, 0.2) is 0 Å². The first kappa shape index (κ1) is 15.3. The minimum atomic E-state index is -0.643. The average Bonchev–Trinajstić information content (AvgIpc) is 2.84. The number of benzene rings is 2. The number of nitro groups is 1. The number of hydrogen-bond acceptors (Lipinski definition) is 4. The van der Waals surface area contributed by atoms with Crippen molar-refractivity contribution in [3.63, 3.8) is 0 Å². The fourth-order valence-corrected chi connectivity index (χ4v) is 2.22. The number of hydrogen-bond donors (Lipinski definition) is 1. The third kappa shape index (κ3) is 2.84. The lowest BCUT2D eigenvalue weighted by Gasteiger charge is -2.14. The van der Waals surface area contributed by atoms with E-state index in [-0.39, 0.29) is 11.3 Å². The molecule has 0 saturated carbocycles. The van der Waals surface area contributed by atoms with Crippen molar-refractivity contribution in [2.45, 2.75) is 0 Å². The van der Waals surface area contributed by atoms with Crippen LogP contribution in [0.2, 0.25) is 0 Å². The van der Waals surface area contributed by atoms with E-state index in [4.69, 9.17) is 0 Å². The molecule has 1 saturated heterocycles. The monoisotopic (exact) mass is 327 g/mol. The molecule has 1 aliphatic heterocycles. The molecule has 0 aromatic heterocycles. The van der Waals surface area contributed by atoms with Crippen LogP contribution in [0.4, 0.5) is 15.8 Å². The summed E-state index contributed by atoms with van der Waals surface area (Å²) in [6, 6.07) is 10.6. The van der Waals surface area contributed by atoms with Crippen LogP contribution in [0.3, 0.4) is 0 Å². The predicted octanol–water partition coefficient (Wildman–Crippen LogP) is 2.20. The van der Waals surface area contributed by atoms with Crippen molar-refractivity contribution in [2.24, 2.45) is 0 Å². The molecule has 7 nitrogen and oxygen atoms in total. The number of carbonyl (C=O) groups excluding carboxylic acids is 2. The van der Waals surface area contributed by atoms with Gasteiger partial charge in [-0.15, -0.1) is 0 Å². The average molecular weight is 327 g/mol. The van der Waals surface area contributed by atoms with Gasteiger partial charge in [0.2, 0.25) is 0 Å². The summed E-state index contributed by atoms with van der Waals surface area (Å²) in [4.78, 5) is 34.6. The zero-order valence-corrected chi connectivity index (χ0v) is 12.1. The number of rotatable bonds is 3. The molecular formula is C16H10FN3O4. The van der Waals surface area contributed by atoms with Gasteiger partial charge in [0.05, 0.1) is 10.6 Å². The zero-order valence-electron chi connectivity index (χ0n) is 12.1. The molecule has 3 rings (SSSR count). The molecule has 1 aliphatic rings. The molecule has 0 atom stereocenters. The van der Waals surface area contributed by atoms with E-state index in [2.05, 4.69) is 5.43 Å². The summed E-state index contributed by atoms with van der Waals surface area (Å²) < 4.78 is 13.0. The SMILES string of the molecule is O=C1NN(c2ccc(F)cc2)C(=O)/C1=C/c1cccc([N+](=O)[O-])c1. The molecule has 1 heterocycles. The third-order valence-electron chi connectivity index (χ3n) is 3.37. The second-order valence-corrected chi connectivity index (χ2v) is 4.97. The van der Waals surface area contributed by atoms with Crippen molar-refractivity contribution >= 4 is 29.3 Å². The Morgan fingerprint density at radius 1 is 1.12 bits per heavy atom. The lowest BCUT2D eigenvalue weighted by atomic mass is 10.1. The number of anilines is 1. The van der Waals surface area contributed by atoms with Gasteiger partial charge in [-0.05, 0) is 35.9 Å². The summed E-state index contributed by atoms with van der Waals surface area (Å²) in [5.74, 6) is -1.74.